The SMILES string of the molecule is Cc1cc(N2CCCS2(=O)=O)ccc1B1OC(C)(C)C(C)(C)O1. The summed E-state index contributed by atoms with van der Waals surface area (Å²) in [6.45, 7) is 10.6. The third-order valence-electron chi connectivity index (χ3n) is 5.15. The normalized spacial score (nSPS) is 25.1. The van der Waals surface area contributed by atoms with Gasteiger partial charge in [-0.05, 0) is 64.2 Å². The average molecular weight is 337 g/mol. The van der Waals surface area contributed by atoms with Crippen LogP contribution in [0.15, 0.2) is 18.2 Å². The molecule has 0 bridgehead atoms. The zero-order valence-electron chi connectivity index (χ0n) is 14.4. The van der Waals surface area contributed by atoms with Crippen LogP contribution in [0.25, 0.3) is 0 Å². The lowest BCUT2D eigenvalue weighted by Crippen LogP contribution is -2.41. The Balaban J connectivity index is 1.90. The van der Waals surface area contributed by atoms with Gasteiger partial charge in [0, 0.05) is 6.54 Å². The van der Waals surface area contributed by atoms with Crippen LogP contribution in [0.3, 0.4) is 0 Å². The highest BCUT2D eigenvalue weighted by Gasteiger charge is 2.52. The maximum absolute atomic E-state index is 12.1. The van der Waals surface area contributed by atoms with Crippen molar-refractivity contribution >= 4 is 28.3 Å². The predicted octanol–water partition coefficient (Wildman–Crippen LogP) is 1.83. The summed E-state index contributed by atoms with van der Waals surface area (Å²) in [4.78, 5) is 0. The van der Waals surface area contributed by atoms with Crippen LogP contribution >= 0.6 is 0 Å². The Hall–Kier alpha value is -1.05. The summed E-state index contributed by atoms with van der Waals surface area (Å²) in [7, 11) is -3.58. The molecule has 3 rings (SSSR count). The molecule has 126 valence electrons. The second-order valence-electron chi connectivity index (χ2n) is 7.37. The van der Waals surface area contributed by atoms with Crippen molar-refractivity contribution in [1.82, 2.24) is 0 Å². The van der Waals surface area contributed by atoms with Crippen LogP contribution in [-0.4, -0.2) is 39.0 Å². The maximum atomic E-state index is 12.1. The van der Waals surface area contributed by atoms with Crippen molar-refractivity contribution in [1.29, 1.82) is 0 Å². The maximum Gasteiger partial charge on any atom is 0.495 e. The minimum atomic E-state index is -3.16. The second-order valence-corrected chi connectivity index (χ2v) is 9.38. The van der Waals surface area contributed by atoms with Gasteiger partial charge in [-0.25, -0.2) is 8.42 Å². The highest BCUT2D eigenvalue weighted by atomic mass is 32.2. The van der Waals surface area contributed by atoms with E-state index < -0.39 is 17.1 Å². The molecule has 0 amide bonds. The van der Waals surface area contributed by atoms with E-state index in [1.807, 2.05) is 52.8 Å². The standard InChI is InChI=1S/C16H24BNO4S/c1-12-11-13(18-9-6-10-23(18,19)20)7-8-14(12)17-21-15(2,3)16(4,5)22-17/h7-8,11H,6,9-10H2,1-5H3. The highest BCUT2D eigenvalue weighted by molar-refractivity contribution is 7.93. The Morgan fingerprint density at radius 3 is 2.22 bits per heavy atom. The molecular formula is C16H24BNO4S. The van der Waals surface area contributed by atoms with Crippen LogP contribution < -0.4 is 9.77 Å². The van der Waals surface area contributed by atoms with E-state index in [4.69, 9.17) is 9.31 Å². The molecule has 2 fully saturated rings. The number of aryl methyl sites for hydroxylation is 1. The molecule has 0 aromatic heterocycles. The Bertz CT molecular complexity index is 714. The van der Waals surface area contributed by atoms with Crippen LogP contribution in [0, 0.1) is 6.92 Å². The summed E-state index contributed by atoms with van der Waals surface area (Å²) in [6.07, 6.45) is 0.681. The molecule has 0 radical (unpaired) electrons. The fourth-order valence-corrected chi connectivity index (χ4v) is 4.54. The molecule has 2 aliphatic rings. The quantitative estimate of drug-likeness (QED) is 0.773. The van der Waals surface area contributed by atoms with E-state index in [-0.39, 0.29) is 17.0 Å². The Kier molecular flexibility index (Phi) is 3.82. The molecule has 0 aliphatic carbocycles. The van der Waals surface area contributed by atoms with Crippen molar-refractivity contribution in [2.24, 2.45) is 0 Å². The predicted molar refractivity (Wildman–Crippen MR) is 92.6 cm³/mol. The van der Waals surface area contributed by atoms with Crippen molar-refractivity contribution < 1.29 is 17.7 Å². The number of hydrogen-bond acceptors (Lipinski definition) is 4. The third-order valence-corrected chi connectivity index (χ3v) is 7.02. The second kappa shape index (κ2) is 5.23. The fraction of sp³-hybridized carbons (Fsp3) is 0.625. The van der Waals surface area contributed by atoms with Gasteiger partial charge < -0.3 is 9.31 Å². The van der Waals surface area contributed by atoms with Gasteiger partial charge in [0.2, 0.25) is 10.0 Å². The van der Waals surface area contributed by atoms with Crippen LogP contribution in [0.1, 0.15) is 39.7 Å². The van der Waals surface area contributed by atoms with E-state index in [1.165, 1.54) is 4.31 Å². The zero-order chi connectivity index (χ0) is 17.0. The molecule has 0 saturated carbocycles. The number of anilines is 1. The van der Waals surface area contributed by atoms with E-state index in [0.29, 0.717) is 13.0 Å². The average Bonchev–Trinajstić information content (AvgIpc) is 2.86. The largest absolute Gasteiger partial charge is 0.495 e. The summed E-state index contributed by atoms with van der Waals surface area (Å²) in [6, 6.07) is 5.67. The van der Waals surface area contributed by atoms with Gasteiger partial charge in [0.25, 0.3) is 0 Å². The van der Waals surface area contributed by atoms with Crippen molar-refractivity contribution in [2.75, 3.05) is 16.6 Å². The molecule has 1 aromatic carbocycles. The molecular weight excluding hydrogens is 313 g/mol. The van der Waals surface area contributed by atoms with Gasteiger partial charge in [-0.3, -0.25) is 4.31 Å². The molecule has 7 heteroatoms. The lowest BCUT2D eigenvalue weighted by molar-refractivity contribution is 0.00578. The number of nitrogens with zero attached hydrogens (tertiary/aromatic N) is 1. The molecule has 2 aliphatic heterocycles. The molecule has 0 atom stereocenters. The van der Waals surface area contributed by atoms with Crippen molar-refractivity contribution in [3.8, 4) is 0 Å². The fourth-order valence-electron chi connectivity index (χ4n) is 2.98. The van der Waals surface area contributed by atoms with E-state index in [9.17, 15) is 8.42 Å². The zero-order valence-corrected chi connectivity index (χ0v) is 15.2. The number of benzene rings is 1. The van der Waals surface area contributed by atoms with Gasteiger partial charge >= 0.3 is 7.12 Å². The Labute approximate surface area is 139 Å². The van der Waals surface area contributed by atoms with Gasteiger partial charge in [-0.15, -0.1) is 0 Å². The topological polar surface area (TPSA) is 55.8 Å². The van der Waals surface area contributed by atoms with Crippen molar-refractivity contribution in [2.45, 2.75) is 52.2 Å². The lowest BCUT2D eigenvalue weighted by Gasteiger charge is -2.32. The minimum Gasteiger partial charge on any atom is -0.399 e. The molecule has 23 heavy (non-hydrogen) atoms. The van der Waals surface area contributed by atoms with E-state index in [1.54, 1.807) is 0 Å². The van der Waals surface area contributed by atoms with Crippen molar-refractivity contribution in [3.05, 3.63) is 23.8 Å². The third kappa shape index (κ3) is 2.79. The summed E-state index contributed by atoms with van der Waals surface area (Å²) in [5.74, 6) is 0.227. The first kappa shape index (κ1) is 16.8. The van der Waals surface area contributed by atoms with Gasteiger partial charge in [0.1, 0.15) is 0 Å². The smallest absolute Gasteiger partial charge is 0.399 e. The first-order chi connectivity index (χ1) is 10.5. The first-order valence-electron chi connectivity index (χ1n) is 8.00. The lowest BCUT2D eigenvalue weighted by atomic mass is 9.76. The Morgan fingerprint density at radius 2 is 1.74 bits per heavy atom. The molecule has 0 unspecified atom stereocenters. The van der Waals surface area contributed by atoms with Gasteiger partial charge in [-0.2, -0.15) is 0 Å². The molecule has 5 nitrogen and oxygen atoms in total. The summed E-state index contributed by atoms with van der Waals surface area (Å²) in [5.41, 5.74) is 1.87. The molecule has 2 heterocycles. The molecule has 2 saturated heterocycles. The van der Waals surface area contributed by atoms with E-state index in [0.717, 1.165) is 16.7 Å². The first-order valence-corrected chi connectivity index (χ1v) is 9.61. The van der Waals surface area contributed by atoms with Gasteiger partial charge in [0.05, 0.1) is 22.6 Å². The van der Waals surface area contributed by atoms with Crippen LogP contribution in [0.5, 0.6) is 0 Å². The number of sulfonamides is 1. The molecule has 1 aromatic rings. The van der Waals surface area contributed by atoms with E-state index >= 15 is 0 Å². The van der Waals surface area contributed by atoms with Gasteiger partial charge in [-0.1, -0.05) is 6.07 Å². The van der Waals surface area contributed by atoms with E-state index in [2.05, 4.69) is 0 Å². The van der Waals surface area contributed by atoms with Crippen LogP contribution in [0.2, 0.25) is 0 Å². The monoisotopic (exact) mass is 337 g/mol. The highest BCUT2D eigenvalue weighted by Crippen LogP contribution is 2.37. The number of hydrogen-bond donors (Lipinski definition) is 0. The number of rotatable bonds is 2. The van der Waals surface area contributed by atoms with Crippen molar-refractivity contribution in [3.63, 3.8) is 0 Å². The molecule has 0 N–H and O–H groups in total. The summed E-state index contributed by atoms with van der Waals surface area (Å²) >= 11 is 0. The summed E-state index contributed by atoms with van der Waals surface area (Å²) in [5, 5.41) is 0. The summed E-state index contributed by atoms with van der Waals surface area (Å²) < 4.78 is 37.8. The minimum absolute atomic E-state index is 0.227. The molecule has 0 spiro atoms. The van der Waals surface area contributed by atoms with Crippen LogP contribution in [-0.2, 0) is 19.3 Å². The van der Waals surface area contributed by atoms with Gasteiger partial charge in [0.15, 0.2) is 0 Å². The Morgan fingerprint density at radius 1 is 1.13 bits per heavy atom. The van der Waals surface area contributed by atoms with Crippen LogP contribution in [0.4, 0.5) is 5.69 Å².